The van der Waals surface area contributed by atoms with Gasteiger partial charge in [0, 0.05) is 19.2 Å². The number of rotatable bonds is 7. The minimum atomic E-state index is -0.902. The van der Waals surface area contributed by atoms with Crippen molar-refractivity contribution in [3.63, 3.8) is 0 Å². The lowest BCUT2D eigenvalue weighted by atomic mass is 9.65. The van der Waals surface area contributed by atoms with E-state index in [4.69, 9.17) is 28.7 Å². The number of amides is 1. The van der Waals surface area contributed by atoms with E-state index >= 15 is 0 Å². The number of benzene rings is 2. The number of likely N-dealkylation sites (N-methyl/N-ethyl adjacent to an activating group) is 1. The predicted molar refractivity (Wildman–Crippen MR) is 145 cm³/mol. The number of carbonyl (C=O) groups is 3. The Balaban J connectivity index is 1.75. The van der Waals surface area contributed by atoms with Gasteiger partial charge in [0.05, 0.1) is 59.1 Å². The number of hydrogen-bond donors (Lipinski definition) is 0. The monoisotopic (exact) mass is 549 g/mol. The molecule has 1 amide bonds. The van der Waals surface area contributed by atoms with E-state index in [-0.39, 0.29) is 30.1 Å². The van der Waals surface area contributed by atoms with Crippen molar-refractivity contribution in [3.8, 4) is 17.2 Å². The van der Waals surface area contributed by atoms with E-state index in [1.807, 2.05) is 36.2 Å². The largest absolute Gasteiger partial charge is 0.493 e. The molecule has 0 aromatic heterocycles. The standard InChI is InChI=1S/C29H31N3O8/c1-31-18-10-8-7-9-17(18)29-12-11-21(33)32(15-16-13-19(36-2)24(38-4)20(14-16)37-3)28(29)30-23(27(35)40-6)22(25(29)31)26(34)39-5/h7-10,13-14,25H,11-12,15H2,1-6H3/t25-,29-/m0/s1. The van der Waals surface area contributed by atoms with Crippen LogP contribution in [0.25, 0.3) is 0 Å². The molecule has 0 aliphatic carbocycles. The highest BCUT2D eigenvalue weighted by Crippen LogP contribution is 2.55. The summed E-state index contributed by atoms with van der Waals surface area (Å²) in [7, 11) is 8.90. The number of aliphatic imine (C=N–C) groups is 1. The maximum atomic E-state index is 13.6. The molecule has 210 valence electrons. The Morgan fingerprint density at radius 1 is 0.975 bits per heavy atom. The average molecular weight is 550 g/mol. The molecule has 3 aliphatic heterocycles. The molecule has 1 spiro atoms. The van der Waals surface area contributed by atoms with Gasteiger partial charge in [-0.05, 0) is 35.7 Å². The molecular weight excluding hydrogens is 518 g/mol. The van der Waals surface area contributed by atoms with E-state index in [1.165, 1.54) is 35.5 Å². The van der Waals surface area contributed by atoms with Crippen LogP contribution in [0.1, 0.15) is 24.0 Å². The van der Waals surface area contributed by atoms with E-state index in [0.717, 1.165) is 11.3 Å². The first-order valence-electron chi connectivity index (χ1n) is 12.7. The fourth-order valence-electron chi connectivity index (χ4n) is 6.24. The van der Waals surface area contributed by atoms with Gasteiger partial charge in [-0.2, -0.15) is 0 Å². The molecule has 5 rings (SSSR count). The second kappa shape index (κ2) is 10.2. The smallest absolute Gasteiger partial charge is 0.357 e. The maximum Gasteiger partial charge on any atom is 0.357 e. The highest BCUT2D eigenvalue weighted by molar-refractivity contribution is 6.15. The van der Waals surface area contributed by atoms with Crippen LogP contribution in [0.4, 0.5) is 5.69 Å². The van der Waals surface area contributed by atoms with Crippen LogP contribution in [0.3, 0.4) is 0 Å². The van der Waals surface area contributed by atoms with E-state index in [2.05, 4.69) is 0 Å². The highest BCUT2D eigenvalue weighted by Gasteiger charge is 2.62. The molecule has 0 N–H and O–H groups in total. The lowest BCUT2D eigenvalue weighted by Gasteiger charge is -2.48. The Morgan fingerprint density at radius 3 is 2.23 bits per heavy atom. The van der Waals surface area contributed by atoms with Crippen LogP contribution in [-0.2, 0) is 35.8 Å². The van der Waals surface area contributed by atoms with Gasteiger partial charge in [0.15, 0.2) is 17.2 Å². The summed E-state index contributed by atoms with van der Waals surface area (Å²) in [5.41, 5.74) is 1.49. The van der Waals surface area contributed by atoms with Crippen LogP contribution in [0.15, 0.2) is 52.7 Å². The molecule has 2 atom stereocenters. The summed E-state index contributed by atoms with van der Waals surface area (Å²) < 4.78 is 26.7. The first-order chi connectivity index (χ1) is 19.3. The molecule has 0 unspecified atom stereocenters. The zero-order valence-corrected chi connectivity index (χ0v) is 23.3. The summed E-state index contributed by atoms with van der Waals surface area (Å²) in [5, 5.41) is 0. The zero-order chi connectivity index (χ0) is 28.8. The van der Waals surface area contributed by atoms with E-state index < -0.39 is 23.4 Å². The predicted octanol–water partition coefficient (Wildman–Crippen LogP) is 2.60. The summed E-state index contributed by atoms with van der Waals surface area (Å²) in [4.78, 5) is 48.2. The first kappa shape index (κ1) is 27.0. The molecule has 1 fully saturated rings. The van der Waals surface area contributed by atoms with Crippen molar-refractivity contribution in [2.45, 2.75) is 30.8 Å². The lowest BCUT2D eigenvalue weighted by molar-refractivity contribution is -0.140. The van der Waals surface area contributed by atoms with Gasteiger partial charge >= 0.3 is 11.9 Å². The van der Waals surface area contributed by atoms with Crippen molar-refractivity contribution in [2.75, 3.05) is 47.5 Å². The van der Waals surface area contributed by atoms with Gasteiger partial charge in [0.1, 0.15) is 5.84 Å². The Hall–Kier alpha value is -4.54. The molecule has 3 heterocycles. The van der Waals surface area contributed by atoms with Crippen LogP contribution < -0.4 is 19.1 Å². The molecule has 3 aliphatic rings. The summed E-state index contributed by atoms with van der Waals surface area (Å²) in [5.74, 6) is 0.0243. The molecule has 1 saturated heterocycles. The first-order valence-corrected chi connectivity index (χ1v) is 12.7. The number of para-hydroxylation sites is 1. The highest BCUT2D eigenvalue weighted by atomic mass is 16.5. The fourth-order valence-corrected chi connectivity index (χ4v) is 6.24. The van der Waals surface area contributed by atoms with E-state index in [9.17, 15) is 14.4 Å². The third-order valence-electron chi connectivity index (χ3n) is 7.90. The number of amidine groups is 1. The molecule has 2 aromatic carbocycles. The van der Waals surface area contributed by atoms with Crippen LogP contribution in [-0.4, -0.2) is 77.2 Å². The van der Waals surface area contributed by atoms with E-state index in [0.29, 0.717) is 35.1 Å². The normalized spacial score (nSPS) is 21.2. The number of anilines is 1. The van der Waals surface area contributed by atoms with E-state index in [1.54, 1.807) is 17.0 Å². The SMILES string of the molecule is COC(=O)C1=C(C(=O)OC)[C@@H]2N(C)c3ccccc3[C@@]23CCC(=O)N(Cc2cc(OC)c(OC)c(OC)c2)C3=N1. The van der Waals surface area contributed by atoms with Gasteiger partial charge in [0.2, 0.25) is 11.7 Å². The Labute approximate surface area is 231 Å². The Morgan fingerprint density at radius 2 is 1.62 bits per heavy atom. The quantitative estimate of drug-likeness (QED) is 0.481. The number of piperidine rings is 1. The number of methoxy groups -OCH3 is 5. The van der Waals surface area contributed by atoms with Gasteiger partial charge in [-0.3, -0.25) is 9.69 Å². The van der Waals surface area contributed by atoms with Crippen molar-refractivity contribution < 1.29 is 38.1 Å². The van der Waals surface area contributed by atoms with Gasteiger partial charge in [0.25, 0.3) is 0 Å². The second-order valence-electron chi connectivity index (χ2n) is 9.70. The Bertz CT molecular complexity index is 1440. The molecule has 40 heavy (non-hydrogen) atoms. The van der Waals surface area contributed by atoms with Crippen molar-refractivity contribution in [2.24, 2.45) is 4.99 Å². The fraction of sp³-hybridized carbons (Fsp3) is 0.379. The zero-order valence-electron chi connectivity index (χ0n) is 23.3. The molecule has 0 radical (unpaired) electrons. The second-order valence-corrected chi connectivity index (χ2v) is 9.70. The minimum Gasteiger partial charge on any atom is -0.493 e. The molecule has 0 saturated carbocycles. The summed E-state index contributed by atoms with van der Waals surface area (Å²) in [6.45, 7) is 0.108. The van der Waals surface area contributed by atoms with Gasteiger partial charge in [-0.25, -0.2) is 14.6 Å². The number of fused-ring (bicyclic) bond motifs is 1. The lowest BCUT2D eigenvalue weighted by Crippen LogP contribution is -2.62. The van der Waals surface area contributed by atoms with Gasteiger partial charge in [-0.15, -0.1) is 0 Å². The summed E-state index contributed by atoms with van der Waals surface area (Å²) >= 11 is 0. The molecule has 2 aromatic rings. The van der Waals surface area contributed by atoms with Crippen LogP contribution in [0.2, 0.25) is 0 Å². The number of likely N-dealkylation sites (tertiary alicyclic amines) is 1. The molecular formula is C29H31N3O8. The Kier molecular flexibility index (Phi) is 6.91. The maximum absolute atomic E-state index is 13.6. The topological polar surface area (TPSA) is 116 Å². The molecule has 11 nitrogen and oxygen atoms in total. The van der Waals surface area contributed by atoms with Gasteiger partial charge < -0.3 is 28.6 Å². The van der Waals surface area contributed by atoms with Crippen molar-refractivity contribution in [1.82, 2.24) is 4.90 Å². The van der Waals surface area contributed by atoms with Crippen LogP contribution >= 0.6 is 0 Å². The van der Waals surface area contributed by atoms with Crippen molar-refractivity contribution >= 4 is 29.4 Å². The summed E-state index contributed by atoms with van der Waals surface area (Å²) in [6, 6.07) is 10.6. The number of nitrogens with zero attached hydrogens (tertiary/aromatic N) is 3. The van der Waals surface area contributed by atoms with Gasteiger partial charge in [-0.1, -0.05) is 18.2 Å². The average Bonchev–Trinajstić information content (AvgIpc) is 3.24. The molecule has 11 heteroatoms. The third-order valence-corrected chi connectivity index (χ3v) is 7.90. The number of carbonyl (C=O) groups excluding carboxylic acids is 3. The third kappa shape index (κ3) is 3.79. The minimum absolute atomic E-state index is 0.0962. The number of esters is 2. The van der Waals surface area contributed by atoms with Crippen molar-refractivity contribution in [3.05, 3.63) is 58.8 Å². The number of ether oxygens (including phenoxy) is 5. The number of hydrogen-bond acceptors (Lipinski definition) is 10. The van der Waals surface area contributed by atoms with Crippen molar-refractivity contribution in [1.29, 1.82) is 0 Å². The summed E-state index contributed by atoms with van der Waals surface area (Å²) in [6.07, 6.45) is 0.585. The van der Waals surface area contributed by atoms with Crippen LogP contribution in [0.5, 0.6) is 17.2 Å². The molecule has 0 bridgehead atoms. The van der Waals surface area contributed by atoms with Crippen LogP contribution in [0, 0.1) is 0 Å².